The summed E-state index contributed by atoms with van der Waals surface area (Å²) in [7, 11) is 0. The number of hydrogen-bond acceptors (Lipinski definition) is 2. The first-order chi connectivity index (χ1) is 7.49. The molecule has 0 aromatic heterocycles. The largest absolute Gasteiger partial charge is 0.481 e. The van der Waals surface area contributed by atoms with E-state index in [0.717, 1.165) is 17.5 Å². The lowest BCUT2D eigenvalue weighted by Crippen LogP contribution is -2.29. The molecule has 1 atom stereocenters. The first-order valence-corrected chi connectivity index (χ1v) is 5.50. The monoisotopic (exact) mass is 222 g/mol. The minimum atomic E-state index is -1.24. The molecule has 0 aliphatic rings. The van der Waals surface area contributed by atoms with E-state index in [2.05, 4.69) is 0 Å². The van der Waals surface area contributed by atoms with Crippen LogP contribution < -0.4 is 0 Å². The van der Waals surface area contributed by atoms with Crippen LogP contribution in [0.1, 0.15) is 37.3 Å². The van der Waals surface area contributed by atoms with E-state index in [1.807, 2.05) is 32.0 Å². The molecule has 0 saturated carbocycles. The molecule has 0 amide bonds. The van der Waals surface area contributed by atoms with Crippen molar-refractivity contribution in [3.8, 4) is 0 Å². The van der Waals surface area contributed by atoms with Gasteiger partial charge in [-0.15, -0.1) is 0 Å². The van der Waals surface area contributed by atoms with Crippen LogP contribution in [0.3, 0.4) is 0 Å². The van der Waals surface area contributed by atoms with Gasteiger partial charge in [0.2, 0.25) is 0 Å². The summed E-state index contributed by atoms with van der Waals surface area (Å²) in [5.41, 5.74) is 0.408. The molecule has 1 aromatic rings. The van der Waals surface area contributed by atoms with E-state index in [4.69, 9.17) is 5.11 Å². The Morgan fingerprint density at radius 2 is 2.00 bits per heavy atom. The maximum atomic E-state index is 10.8. The van der Waals surface area contributed by atoms with Crippen molar-refractivity contribution >= 4 is 5.97 Å². The Bertz CT molecular complexity index is 373. The first kappa shape index (κ1) is 12.7. The molecule has 2 N–H and O–H groups in total. The molecule has 0 radical (unpaired) electrons. The normalized spacial score (nSPS) is 14.4. The Hall–Kier alpha value is -1.35. The molecule has 1 aromatic carbocycles. The summed E-state index contributed by atoms with van der Waals surface area (Å²) in [6.07, 6.45) is 0.966. The molecular formula is C13H18O3. The second-order valence-corrected chi connectivity index (χ2v) is 4.17. The summed E-state index contributed by atoms with van der Waals surface area (Å²) in [5, 5.41) is 19.3. The number of carboxylic acid groups (broad SMARTS) is 1. The lowest BCUT2D eigenvalue weighted by atomic mass is 9.84. The van der Waals surface area contributed by atoms with Gasteiger partial charge in [-0.3, -0.25) is 4.79 Å². The zero-order valence-electron chi connectivity index (χ0n) is 9.73. The number of aliphatic carboxylic acids is 1. The van der Waals surface area contributed by atoms with E-state index in [-0.39, 0.29) is 6.42 Å². The Morgan fingerprint density at radius 3 is 2.50 bits per heavy atom. The summed E-state index contributed by atoms with van der Waals surface area (Å²) in [6.45, 7) is 3.82. The van der Waals surface area contributed by atoms with Gasteiger partial charge >= 0.3 is 5.97 Å². The van der Waals surface area contributed by atoms with Crippen LogP contribution >= 0.6 is 0 Å². The maximum absolute atomic E-state index is 10.8. The SMILES string of the molecule is CCCC(O)(CC(=O)O)c1ccccc1C. The second-order valence-electron chi connectivity index (χ2n) is 4.17. The van der Waals surface area contributed by atoms with Crippen LogP contribution in [0.4, 0.5) is 0 Å². The minimum Gasteiger partial charge on any atom is -0.481 e. The van der Waals surface area contributed by atoms with E-state index in [1.54, 1.807) is 6.07 Å². The topological polar surface area (TPSA) is 57.5 Å². The molecule has 0 heterocycles. The summed E-state index contributed by atoms with van der Waals surface area (Å²) < 4.78 is 0. The van der Waals surface area contributed by atoms with Crippen molar-refractivity contribution in [3.05, 3.63) is 35.4 Å². The van der Waals surface area contributed by atoms with Gasteiger partial charge in [-0.2, -0.15) is 0 Å². The van der Waals surface area contributed by atoms with Gasteiger partial charge < -0.3 is 10.2 Å². The van der Waals surface area contributed by atoms with Crippen molar-refractivity contribution in [2.45, 2.75) is 38.7 Å². The molecule has 0 spiro atoms. The van der Waals surface area contributed by atoms with Crippen molar-refractivity contribution in [3.63, 3.8) is 0 Å². The number of rotatable bonds is 5. The number of carboxylic acids is 1. The van der Waals surface area contributed by atoms with Crippen LogP contribution in [0.5, 0.6) is 0 Å². The van der Waals surface area contributed by atoms with Crippen LogP contribution in [0.2, 0.25) is 0 Å². The average molecular weight is 222 g/mol. The molecule has 1 unspecified atom stereocenters. The van der Waals surface area contributed by atoms with E-state index < -0.39 is 11.6 Å². The molecular weight excluding hydrogens is 204 g/mol. The zero-order chi connectivity index (χ0) is 12.2. The summed E-state index contributed by atoms with van der Waals surface area (Å²) in [6, 6.07) is 7.39. The molecule has 3 heteroatoms. The van der Waals surface area contributed by atoms with E-state index in [0.29, 0.717) is 6.42 Å². The zero-order valence-corrected chi connectivity index (χ0v) is 9.73. The highest BCUT2D eigenvalue weighted by Gasteiger charge is 2.32. The summed E-state index contributed by atoms with van der Waals surface area (Å²) >= 11 is 0. The van der Waals surface area contributed by atoms with Crippen LogP contribution in [-0.2, 0) is 10.4 Å². The highest BCUT2D eigenvalue weighted by atomic mass is 16.4. The number of hydrogen-bond donors (Lipinski definition) is 2. The van der Waals surface area contributed by atoms with E-state index in [9.17, 15) is 9.90 Å². The van der Waals surface area contributed by atoms with Gasteiger partial charge in [0.25, 0.3) is 0 Å². The highest BCUT2D eigenvalue weighted by molar-refractivity contribution is 5.68. The van der Waals surface area contributed by atoms with Gasteiger partial charge in [-0.05, 0) is 24.5 Å². The van der Waals surface area contributed by atoms with Crippen LogP contribution in [-0.4, -0.2) is 16.2 Å². The van der Waals surface area contributed by atoms with E-state index in [1.165, 1.54) is 0 Å². The van der Waals surface area contributed by atoms with Crippen molar-refractivity contribution in [1.29, 1.82) is 0 Å². The number of aryl methyl sites for hydroxylation is 1. The fourth-order valence-electron chi connectivity index (χ4n) is 2.08. The summed E-state index contributed by atoms with van der Waals surface area (Å²) in [4.78, 5) is 10.8. The van der Waals surface area contributed by atoms with Crippen molar-refractivity contribution in [2.24, 2.45) is 0 Å². The van der Waals surface area contributed by atoms with Gasteiger partial charge in [0, 0.05) is 0 Å². The molecule has 0 fully saturated rings. The molecule has 16 heavy (non-hydrogen) atoms. The van der Waals surface area contributed by atoms with Gasteiger partial charge in [-0.25, -0.2) is 0 Å². The van der Waals surface area contributed by atoms with Crippen LogP contribution in [0.25, 0.3) is 0 Å². The highest BCUT2D eigenvalue weighted by Crippen LogP contribution is 2.32. The molecule has 0 aliphatic carbocycles. The molecule has 0 bridgehead atoms. The Kier molecular flexibility index (Phi) is 4.07. The molecule has 0 saturated heterocycles. The average Bonchev–Trinajstić information content (AvgIpc) is 2.17. The molecule has 88 valence electrons. The third kappa shape index (κ3) is 2.83. The third-order valence-corrected chi connectivity index (χ3v) is 2.75. The van der Waals surface area contributed by atoms with Gasteiger partial charge in [0.1, 0.15) is 5.60 Å². The lowest BCUT2D eigenvalue weighted by Gasteiger charge is -2.28. The summed E-state index contributed by atoms with van der Waals surface area (Å²) in [5.74, 6) is -0.973. The van der Waals surface area contributed by atoms with E-state index >= 15 is 0 Å². The minimum absolute atomic E-state index is 0.244. The predicted molar refractivity (Wildman–Crippen MR) is 62.2 cm³/mol. The quantitative estimate of drug-likeness (QED) is 0.804. The van der Waals surface area contributed by atoms with Gasteiger partial charge in [0.05, 0.1) is 6.42 Å². The van der Waals surface area contributed by atoms with Crippen LogP contribution in [0, 0.1) is 6.92 Å². The third-order valence-electron chi connectivity index (χ3n) is 2.75. The number of benzene rings is 1. The van der Waals surface area contributed by atoms with Crippen molar-refractivity contribution in [1.82, 2.24) is 0 Å². The maximum Gasteiger partial charge on any atom is 0.306 e. The fourth-order valence-corrected chi connectivity index (χ4v) is 2.08. The standard InChI is InChI=1S/C13H18O3/c1-3-8-13(16,9-12(14)15)11-7-5-4-6-10(11)2/h4-7,16H,3,8-9H2,1-2H3,(H,14,15). The van der Waals surface area contributed by atoms with Gasteiger partial charge in [-0.1, -0.05) is 37.6 Å². The Labute approximate surface area is 95.7 Å². The Morgan fingerprint density at radius 1 is 1.38 bits per heavy atom. The van der Waals surface area contributed by atoms with Crippen molar-refractivity contribution < 1.29 is 15.0 Å². The number of carbonyl (C=O) groups is 1. The smallest absolute Gasteiger partial charge is 0.306 e. The predicted octanol–water partition coefficient (Wildman–Crippen LogP) is 2.46. The van der Waals surface area contributed by atoms with Crippen LogP contribution in [0.15, 0.2) is 24.3 Å². The first-order valence-electron chi connectivity index (χ1n) is 5.50. The molecule has 3 nitrogen and oxygen atoms in total. The Balaban J connectivity index is 3.10. The molecule has 0 aliphatic heterocycles. The second kappa shape index (κ2) is 5.12. The fraction of sp³-hybridized carbons (Fsp3) is 0.462. The lowest BCUT2D eigenvalue weighted by molar-refractivity contribution is -0.143. The molecule has 1 rings (SSSR count). The van der Waals surface area contributed by atoms with Gasteiger partial charge in [0.15, 0.2) is 0 Å². The van der Waals surface area contributed by atoms with Crippen molar-refractivity contribution in [2.75, 3.05) is 0 Å². The number of aliphatic hydroxyl groups is 1.